The first-order valence-electron chi connectivity index (χ1n) is 13.0. The second-order valence-corrected chi connectivity index (χ2v) is 10.3. The third-order valence-corrected chi connectivity index (χ3v) is 7.40. The van der Waals surface area contributed by atoms with Gasteiger partial charge in [0.25, 0.3) is 5.91 Å². The first-order valence-corrected chi connectivity index (χ1v) is 13.8. The summed E-state index contributed by atoms with van der Waals surface area (Å²) < 4.78 is 19.1. The molecular formula is C29H31Cl2FN4O4. The van der Waals surface area contributed by atoms with Gasteiger partial charge < -0.3 is 15.0 Å². The lowest BCUT2D eigenvalue weighted by atomic mass is 9.94. The van der Waals surface area contributed by atoms with Crippen LogP contribution in [-0.2, 0) is 9.53 Å². The van der Waals surface area contributed by atoms with E-state index in [1.165, 1.54) is 23.1 Å². The number of esters is 1. The van der Waals surface area contributed by atoms with Crippen molar-refractivity contribution in [1.29, 1.82) is 0 Å². The maximum atomic E-state index is 13.7. The number of carbonyl (C=O) groups excluding carboxylic acids is 3. The molecule has 1 atom stereocenters. The van der Waals surface area contributed by atoms with E-state index >= 15 is 0 Å². The van der Waals surface area contributed by atoms with E-state index in [4.69, 9.17) is 27.9 Å². The molecular weight excluding hydrogens is 558 g/mol. The van der Waals surface area contributed by atoms with Crippen molar-refractivity contribution in [3.05, 3.63) is 93.4 Å². The lowest BCUT2D eigenvalue weighted by Crippen LogP contribution is -2.51. The molecule has 11 heteroatoms. The van der Waals surface area contributed by atoms with Gasteiger partial charge in [-0.25, -0.2) is 14.0 Å². The zero-order valence-electron chi connectivity index (χ0n) is 22.2. The summed E-state index contributed by atoms with van der Waals surface area (Å²) in [4.78, 5) is 45.0. The number of rotatable bonds is 8. The molecule has 40 heavy (non-hydrogen) atoms. The van der Waals surface area contributed by atoms with Gasteiger partial charge in [-0.15, -0.1) is 6.58 Å². The summed E-state index contributed by atoms with van der Waals surface area (Å²) in [6, 6.07) is 9.27. The molecule has 2 aromatic carbocycles. The third-order valence-electron chi connectivity index (χ3n) is 6.84. The third kappa shape index (κ3) is 6.66. The minimum Gasteiger partial charge on any atom is -0.463 e. The molecule has 0 spiro atoms. The van der Waals surface area contributed by atoms with Gasteiger partial charge in [-0.05, 0) is 49.2 Å². The van der Waals surface area contributed by atoms with E-state index in [9.17, 15) is 18.8 Å². The van der Waals surface area contributed by atoms with Gasteiger partial charge in [-0.1, -0.05) is 41.4 Å². The van der Waals surface area contributed by atoms with Crippen molar-refractivity contribution in [2.75, 3.05) is 45.9 Å². The van der Waals surface area contributed by atoms with Gasteiger partial charge in [-0.2, -0.15) is 0 Å². The molecule has 1 saturated heterocycles. The molecule has 2 aliphatic heterocycles. The van der Waals surface area contributed by atoms with Crippen LogP contribution < -0.4 is 5.32 Å². The average Bonchev–Trinajstić information content (AvgIpc) is 3.16. The molecule has 0 radical (unpaired) electrons. The lowest BCUT2D eigenvalue weighted by molar-refractivity contribution is -0.139. The van der Waals surface area contributed by atoms with E-state index in [0.29, 0.717) is 59.5 Å². The number of halogens is 3. The van der Waals surface area contributed by atoms with Crippen molar-refractivity contribution in [2.45, 2.75) is 19.4 Å². The fourth-order valence-electron chi connectivity index (χ4n) is 4.96. The molecule has 8 nitrogen and oxygen atoms in total. The SMILES string of the molecule is C=CCN1C(=O)NC(c2ccc(Cl)cc2Cl)C(C(=O)OCC)=C1CN1CCCN(C(=O)c2cccc(F)c2)CC1. The number of ether oxygens (including phenoxy) is 1. The van der Waals surface area contributed by atoms with E-state index in [1.54, 1.807) is 42.2 Å². The summed E-state index contributed by atoms with van der Waals surface area (Å²) in [5.74, 6) is -1.27. The number of urea groups is 1. The molecule has 2 aliphatic rings. The highest BCUT2D eigenvalue weighted by atomic mass is 35.5. The highest BCUT2D eigenvalue weighted by Crippen LogP contribution is 2.36. The number of nitrogens with zero attached hydrogens (tertiary/aromatic N) is 3. The van der Waals surface area contributed by atoms with Crippen LogP contribution in [0.3, 0.4) is 0 Å². The largest absolute Gasteiger partial charge is 0.463 e. The summed E-state index contributed by atoms with van der Waals surface area (Å²) in [7, 11) is 0. The van der Waals surface area contributed by atoms with Crippen LogP contribution in [0, 0.1) is 5.82 Å². The predicted octanol–water partition coefficient (Wildman–Crippen LogP) is 5.05. The van der Waals surface area contributed by atoms with Crippen LogP contribution in [0.5, 0.6) is 0 Å². The number of benzene rings is 2. The van der Waals surface area contributed by atoms with Crippen molar-refractivity contribution < 1.29 is 23.5 Å². The summed E-state index contributed by atoms with van der Waals surface area (Å²) in [6.45, 7) is 8.05. The number of amides is 3. The minimum atomic E-state index is -0.856. The molecule has 1 unspecified atom stereocenters. The molecule has 212 valence electrons. The van der Waals surface area contributed by atoms with E-state index < -0.39 is 23.9 Å². The Kier molecular flexibility index (Phi) is 9.84. The molecule has 1 fully saturated rings. The Morgan fingerprint density at radius 3 is 2.65 bits per heavy atom. The highest BCUT2D eigenvalue weighted by molar-refractivity contribution is 6.35. The van der Waals surface area contributed by atoms with E-state index in [0.717, 1.165) is 0 Å². The zero-order valence-corrected chi connectivity index (χ0v) is 23.7. The van der Waals surface area contributed by atoms with Gasteiger partial charge in [-0.3, -0.25) is 14.6 Å². The van der Waals surface area contributed by atoms with Gasteiger partial charge in [0, 0.05) is 60.6 Å². The van der Waals surface area contributed by atoms with Crippen molar-refractivity contribution >= 4 is 41.1 Å². The maximum absolute atomic E-state index is 13.7. The van der Waals surface area contributed by atoms with E-state index in [1.807, 2.05) is 0 Å². The molecule has 0 aliphatic carbocycles. The summed E-state index contributed by atoms with van der Waals surface area (Å²) in [5, 5.41) is 3.62. The van der Waals surface area contributed by atoms with Gasteiger partial charge >= 0.3 is 12.0 Å². The lowest BCUT2D eigenvalue weighted by Gasteiger charge is -2.38. The Morgan fingerprint density at radius 2 is 1.95 bits per heavy atom. The fraction of sp³-hybridized carbons (Fsp3) is 0.345. The Morgan fingerprint density at radius 1 is 1.15 bits per heavy atom. The van der Waals surface area contributed by atoms with Crippen LogP contribution in [0.2, 0.25) is 10.0 Å². The quantitative estimate of drug-likeness (QED) is 0.345. The molecule has 0 saturated carbocycles. The highest BCUT2D eigenvalue weighted by Gasteiger charge is 2.39. The standard InChI is InChI=1S/C29H31Cl2FN4O4/c1-3-11-36-24(18-34-12-6-13-35(15-14-34)27(37)19-7-5-8-21(32)16-19)25(28(38)40-4-2)26(33-29(36)39)22-10-9-20(30)17-23(22)31/h3,5,7-10,16-17,26H,1,4,6,11-15,18H2,2H3,(H,33,39). The van der Waals surface area contributed by atoms with Crippen LogP contribution in [0.4, 0.5) is 9.18 Å². The van der Waals surface area contributed by atoms with Gasteiger partial charge in [0.05, 0.1) is 18.2 Å². The number of nitrogens with one attached hydrogen (secondary N) is 1. The second-order valence-electron chi connectivity index (χ2n) is 9.46. The zero-order chi connectivity index (χ0) is 28.8. The van der Waals surface area contributed by atoms with Gasteiger partial charge in [0.1, 0.15) is 5.82 Å². The summed E-state index contributed by atoms with van der Waals surface area (Å²) in [5.41, 5.74) is 1.55. The molecule has 2 aromatic rings. The second kappa shape index (κ2) is 13.3. The summed E-state index contributed by atoms with van der Waals surface area (Å²) >= 11 is 12.6. The monoisotopic (exact) mass is 588 g/mol. The molecule has 0 bridgehead atoms. The molecule has 0 aromatic heterocycles. The number of carbonyl (C=O) groups is 3. The van der Waals surface area contributed by atoms with Crippen molar-refractivity contribution in [1.82, 2.24) is 20.0 Å². The van der Waals surface area contributed by atoms with Crippen LogP contribution in [0.15, 0.2) is 66.4 Å². The summed E-state index contributed by atoms with van der Waals surface area (Å²) in [6.07, 6.45) is 2.24. The van der Waals surface area contributed by atoms with Crippen molar-refractivity contribution in [3.63, 3.8) is 0 Å². The van der Waals surface area contributed by atoms with Crippen molar-refractivity contribution in [2.24, 2.45) is 0 Å². The predicted molar refractivity (Wildman–Crippen MR) is 152 cm³/mol. The Hall–Kier alpha value is -3.40. The Balaban J connectivity index is 1.67. The normalized spacial score (nSPS) is 18.3. The van der Waals surface area contributed by atoms with E-state index in [-0.39, 0.29) is 31.2 Å². The van der Waals surface area contributed by atoms with Crippen LogP contribution >= 0.6 is 23.2 Å². The number of hydrogen-bond acceptors (Lipinski definition) is 5. The van der Waals surface area contributed by atoms with Crippen LogP contribution in [0.25, 0.3) is 0 Å². The smallest absolute Gasteiger partial charge is 0.338 e. The van der Waals surface area contributed by atoms with Crippen molar-refractivity contribution in [3.8, 4) is 0 Å². The topological polar surface area (TPSA) is 82.2 Å². The number of hydrogen-bond donors (Lipinski definition) is 1. The molecule has 4 rings (SSSR count). The van der Waals surface area contributed by atoms with Crippen LogP contribution in [-0.4, -0.2) is 78.5 Å². The Labute approximate surface area is 243 Å². The molecule has 3 amide bonds. The van der Waals surface area contributed by atoms with Crippen LogP contribution in [0.1, 0.15) is 35.3 Å². The Bertz CT molecular complexity index is 1330. The molecule has 1 N–H and O–H groups in total. The fourth-order valence-corrected chi connectivity index (χ4v) is 5.48. The first-order chi connectivity index (χ1) is 19.2. The maximum Gasteiger partial charge on any atom is 0.338 e. The average molecular weight is 589 g/mol. The minimum absolute atomic E-state index is 0.146. The molecule has 2 heterocycles. The van der Waals surface area contributed by atoms with Gasteiger partial charge in [0.15, 0.2) is 0 Å². The first kappa shape index (κ1) is 29.6. The van der Waals surface area contributed by atoms with Gasteiger partial charge in [0.2, 0.25) is 0 Å². The van der Waals surface area contributed by atoms with E-state index in [2.05, 4.69) is 16.8 Å².